The molecule has 0 heterocycles. The highest BCUT2D eigenvalue weighted by Crippen LogP contribution is 2.40. The van der Waals surface area contributed by atoms with Crippen LogP contribution in [0.4, 0.5) is 14.5 Å². The summed E-state index contributed by atoms with van der Waals surface area (Å²) in [5, 5.41) is 0. The molecule has 3 aromatic carbocycles. The number of nitrogens with two attached hydrogens (primary N) is 2. The minimum Gasteiger partial charge on any atom is -0.399 e. The van der Waals surface area contributed by atoms with Gasteiger partial charge in [-0.3, -0.25) is 9.38 Å². The number of nitrogen functional groups attached to an aromatic ring is 1. The number of amidine groups is 1. The fourth-order valence-corrected chi connectivity index (χ4v) is 5.01. The van der Waals surface area contributed by atoms with E-state index in [4.69, 9.17) is 11.5 Å². The first-order chi connectivity index (χ1) is 20.2. The molecule has 1 aliphatic carbocycles. The second-order valence-corrected chi connectivity index (χ2v) is 11.1. The molecule has 228 valence electrons. The molecule has 1 aliphatic rings. The number of aryl methyl sites for hydroxylation is 2. The number of nitrogens with zero attached hydrogens (tertiary/aromatic N) is 1. The van der Waals surface area contributed by atoms with E-state index in [1.807, 2.05) is 19.1 Å². The maximum absolute atomic E-state index is 14.9. The molecule has 3 aromatic rings. The van der Waals surface area contributed by atoms with Crippen LogP contribution in [0.1, 0.15) is 106 Å². The van der Waals surface area contributed by atoms with Crippen LogP contribution in [0, 0.1) is 18.7 Å². The summed E-state index contributed by atoms with van der Waals surface area (Å²) in [5.41, 5.74) is 20.9. The molecule has 1 atom stereocenters. The van der Waals surface area contributed by atoms with Gasteiger partial charge in [0.05, 0.1) is 12.2 Å². The van der Waals surface area contributed by atoms with Gasteiger partial charge in [0.15, 0.2) is 0 Å². The molecule has 42 heavy (non-hydrogen) atoms. The van der Waals surface area contributed by atoms with E-state index >= 15 is 0 Å². The van der Waals surface area contributed by atoms with Crippen molar-refractivity contribution in [2.24, 2.45) is 16.6 Å². The Morgan fingerprint density at radius 1 is 0.929 bits per heavy atom. The topological polar surface area (TPSA) is 64.4 Å². The van der Waals surface area contributed by atoms with E-state index in [9.17, 15) is 8.78 Å². The minimum absolute atomic E-state index is 0.156. The summed E-state index contributed by atoms with van der Waals surface area (Å²) >= 11 is 0. The Morgan fingerprint density at radius 2 is 1.62 bits per heavy atom. The third-order valence-electron chi connectivity index (χ3n) is 7.71. The lowest BCUT2D eigenvalue weighted by Crippen LogP contribution is -2.15. The summed E-state index contributed by atoms with van der Waals surface area (Å²) < 4.78 is 25.9. The first-order valence-corrected chi connectivity index (χ1v) is 15.5. The summed E-state index contributed by atoms with van der Waals surface area (Å²) in [4.78, 5) is 3.92. The van der Waals surface area contributed by atoms with Gasteiger partial charge in [-0.1, -0.05) is 95.3 Å². The van der Waals surface area contributed by atoms with E-state index in [0.717, 1.165) is 66.0 Å². The first kappa shape index (κ1) is 34.7. The Balaban J connectivity index is 0.000000434. The molecule has 0 aliphatic heterocycles. The number of halogens is 2. The normalized spacial score (nSPS) is 13.7. The van der Waals surface area contributed by atoms with Gasteiger partial charge in [-0.15, -0.1) is 0 Å². The van der Waals surface area contributed by atoms with Crippen LogP contribution in [-0.2, 0) is 6.42 Å². The number of fused-ring (bicyclic) bond motifs is 1. The molecule has 4 rings (SSSR count). The Labute approximate surface area is 253 Å². The van der Waals surface area contributed by atoms with Gasteiger partial charge in [-0.2, -0.15) is 0 Å². The Morgan fingerprint density at radius 3 is 2.14 bits per heavy atom. The first-order valence-electron chi connectivity index (χ1n) is 15.5. The van der Waals surface area contributed by atoms with E-state index < -0.39 is 0 Å². The fourth-order valence-electron chi connectivity index (χ4n) is 5.01. The summed E-state index contributed by atoms with van der Waals surface area (Å²) in [6.07, 6.45) is 8.54. The molecule has 0 spiro atoms. The second kappa shape index (κ2) is 18.1. The molecule has 5 heteroatoms. The van der Waals surface area contributed by atoms with E-state index in [0.29, 0.717) is 5.56 Å². The summed E-state index contributed by atoms with van der Waals surface area (Å²) in [7, 11) is 1.56. The fraction of sp³-hybridized carbons (Fsp3) is 0.432. The highest BCUT2D eigenvalue weighted by molar-refractivity contribution is 6.01. The number of rotatable bonds is 8. The van der Waals surface area contributed by atoms with Gasteiger partial charge in [0.2, 0.25) is 0 Å². The number of hydrogen-bond donors (Lipinski definition) is 2. The van der Waals surface area contributed by atoms with Crippen molar-refractivity contribution in [3.05, 3.63) is 99.9 Å². The van der Waals surface area contributed by atoms with Crippen molar-refractivity contribution in [1.29, 1.82) is 0 Å². The third-order valence-corrected chi connectivity index (χ3v) is 7.71. The zero-order valence-electron chi connectivity index (χ0n) is 26.6. The van der Waals surface area contributed by atoms with E-state index in [1.54, 1.807) is 19.2 Å². The number of benzene rings is 3. The van der Waals surface area contributed by atoms with Gasteiger partial charge in [0, 0.05) is 12.7 Å². The summed E-state index contributed by atoms with van der Waals surface area (Å²) in [5.74, 6) is 0.798. The van der Waals surface area contributed by atoms with Crippen LogP contribution in [-0.4, -0.2) is 19.6 Å². The zero-order valence-corrected chi connectivity index (χ0v) is 26.6. The van der Waals surface area contributed by atoms with E-state index in [-0.39, 0.29) is 18.3 Å². The maximum atomic E-state index is 14.9. The molecule has 4 N–H and O–H groups in total. The third kappa shape index (κ3) is 10.1. The van der Waals surface area contributed by atoms with Crippen molar-refractivity contribution in [1.82, 2.24) is 0 Å². The predicted octanol–water partition coefficient (Wildman–Crippen LogP) is 9.94. The molecule has 1 unspecified atom stereocenters. The average Bonchev–Trinajstić information content (AvgIpc) is 3.17. The monoisotopic (exact) mass is 575 g/mol. The molecule has 0 saturated carbocycles. The van der Waals surface area contributed by atoms with Gasteiger partial charge in [0.1, 0.15) is 11.7 Å². The zero-order chi connectivity index (χ0) is 31.1. The van der Waals surface area contributed by atoms with Gasteiger partial charge in [-0.05, 0) is 96.2 Å². The number of hydrogen-bond acceptors (Lipinski definition) is 2. The minimum atomic E-state index is -0.354. The molecular formula is C37H51F2N3. The van der Waals surface area contributed by atoms with Gasteiger partial charge >= 0.3 is 0 Å². The summed E-state index contributed by atoms with van der Waals surface area (Å²) in [6.45, 7) is 10.7. The predicted molar refractivity (Wildman–Crippen MR) is 179 cm³/mol. The highest BCUT2D eigenvalue weighted by atomic mass is 19.1. The molecule has 0 amide bonds. The molecule has 0 radical (unpaired) electrons. The van der Waals surface area contributed by atoms with Crippen molar-refractivity contribution in [3.8, 4) is 0 Å². The number of allylic oxidation sites excluding steroid dienone is 1. The second-order valence-electron chi connectivity index (χ2n) is 11.1. The number of aliphatic imine (C=N–C) groups is 1. The van der Waals surface area contributed by atoms with Crippen LogP contribution in [0.5, 0.6) is 0 Å². The molecule has 3 nitrogen and oxygen atoms in total. The van der Waals surface area contributed by atoms with Crippen LogP contribution < -0.4 is 11.5 Å². The van der Waals surface area contributed by atoms with Gasteiger partial charge in [0.25, 0.3) is 0 Å². The van der Waals surface area contributed by atoms with Crippen LogP contribution in [0.15, 0.2) is 65.7 Å². The van der Waals surface area contributed by atoms with Crippen LogP contribution in [0.25, 0.3) is 11.1 Å². The van der Waals surface area contributed by atoms with Crippen molar-refractivity contribution in [2.45, 2.75) is 86.0 Å². The average molecular weight is 576 g/mol. The van der Waals surface area contributed by atoms with Crippen molar-refractivity contribution in [3.63, 3.8) is 0 Å². The largest absolute Gasteiger partial charge is 0.399 e. The van der Waals surface area contributed by atoms with Crippen molar-refractivity contribution in [2.75, 3.05) is 19.5 Å². The standard InChI is InChI=1S/C26H26FN3.C7H16.C4H9F/c1-16-6-8-17(9-7-16)25-21(5-3-4-18-14-20(28)11-13-22(18)25)19-10-12-23(24(27)15-19)26(29)30-2;1-4-6-7(3)5-2;1-2-3-4-5/h6-15H,3-5,28H2,1-2H3,(H2,29,30);7H,4-6H2,1-3H3;2-4H2,1H3. The van der Waals surface area contributed by atoms with Crippen LogP contribution in [0.3, 0.4) is 0 Å². The van der Waals surface area contributed by atoms with Crippen molar-refractivity contribution < 1.29 is 8.78 Å². The molecule has 0 fully saturated rings. The SMILES string of the molecule is CCCC(C)CC.CCCCF.CN=C(N)c1ccc(C2=C(c3ccc(C)cc3)c3ccc(N)cc3CCC2)cc1F. The Hall–Kier alpha value is -3.47. The molecule has 0 saturated heterocycles. The number of alkyl halides is 1. The van der Waals surface area contributed by atoms with E-state index in [1.165, 1.54) is 36.0 Å². The number of unbranched alkanes of at least 4 members (excludes halogenated alkanes) is 1. The quantitative estimate of drug-likeness (QED) is 0.159. The lowest BCUT2D eigenvalue weighted by molar-refractivity contribution is 0.469. The van der Waals surface area contributed by atoms with Crippen LogP contribution >= 0.6 is 0 Å². The Kier molecular flexibility index (Phi) is 15.0. The van der Waals surface area contributed by atoms with E-state index in [2.05, 4.69) is 69.1 Å². The van der Waals surface area contributed by atoms with Crippen LogP contribution in [0.2, 0.25) is 0 Å². The molecular weight excluding hydrogens is 524 g/mol. The Bertz CT molecular complexity index is 1310. The lowest BCUT2D eigenvalue weighted by atomic mass is 9.87. The highest BCUT2D eigenvalue weighted by Gasteiger charge is 2.21. The number of anilines is 1. The summed E-state index contributed by atoms with van der Waals surface area (Å²) in [6, 6.07) is 19.9. The molecule has 0 bridgehead atoms. The van der Waals surface area contributed by atoms with Gasteiger partial charge < -0.3 is 11.5 Å². The smallest absolute Gasteiger partial charge is 0.134 e. The van der Waals surface area contributed by atoms with Gasteiger partial charge in [-0.25, -0.2) is 4.39 Å². The maximum Gasteiger partial charge on any atom is 0.134 e. The lowest BCUT2D eigenvalue weighted by Gasteiger charge is -2.17. The van der Waals surface area contributed by atoms with Crippen molar-refractivity contribution >= 4 is 22.7 Å². The molecule has 0 aromatic heterocycles.